The third-order valence-electron chi connectivity index (χ3n) is 1.03. The quantitative estimate of drug-likeness (QED) is 0.584. The second kappa shape index (κ2) is 3.43. The van der Waals surface area contributed by atoms with Gasteiger partial charge in [0.05, 0.1) is 0 Å². The molecule has 1 rings (SSSR count). The monoisotopic (exact) mass is 156 g/mol. The molecule has 0 amide bonds. The van der Waals surface area contributed by atoms with Crippen LogP contribution in [-0.4, -0.2) is 13.7 Å². The highest BCUT2D eigenvalue weighted by molar-refractivity contribution is 7.78. The molecule has 4 heteroatoms. The molecule has 0 radical (unpaired) electrons. The summed E-state index contributed by atoms with van der Waals surface area (Å²) in [6.07, 6.45) is 3.14. The van der Waals surface area contributed by atoms with Crippen molar-refractivity contribution in [2.45, 2.75) is 5.75 Å². The Morgan fingerprint density at radius 2 is 2.10 bits per heavy atom. The van der Waals surface area contributed by atoms with E-state index in [1.54, 1.807) is 24.5 Å². The van der Waals surface area contributed by atoms with Gasteiger partial charge in [-0.1, -0.05) is 11.1 Å². The van der Waals surface area contributed by atoms with E-state index in [1.807, 2.05) is 0 Å². The molecule has 0 saturated heterocycles. The minimum atomic E-state index is -1.99. The molecule has 0 bridgehead atoms. The van der Waals surface area contributed by atoms with E-state index in [0.29, 0.717) is 0 Å². The lowest BCUT2D eigenvalue weighted by Crippen LogP contribution is -1.92. The lowest BCUT2D eigenvalue weighted by Gasteiger charge is -2.02. The summed E-state index contributed by atoms with van der Waals surface area (Å²) < 4.78 is 20.3. The second-order valence-electron chi connectivity index (χ2n) is 1.80. The van der Waals surface area contributed by atoms with E-state index in [0.717, 1.165) is 5.56 Å². The summed E-state index contributed by atoms with van der Waals surface area (Å²) in [5, 5.41) is 0. The molecule has 1 aromatic heterocycles. The average Bonchev–Trinajstić information content (AvgIpc) is 1.88. The maximum atomic E-state index is 10.1. The molecule has 0 aliphatic heterocycles. The summed E-state index contributed by atoms with van der Waals surface area (Å²) in [5.74, 6) is 0.0719. The van der Waals surface area contributed by atoms with Crippen molar-refractivity contribution < 1.29 is 8.76 Å². The van der Waals surface area contributed by atoms with E-state index in [4.69, 9.17) is 0 Å². The van der Waals surface area contributed by atoms with Crippen molar-refractivity contribution in [1.29, 1.82) is 0 Å². The summed E-state index contributed by atoms with van der Waals surface area (Å²) in [7, 11) is 0. The fourth-order valence-electron chi connectivity index (χ4n) is 0.615. The Kier molecular flexibility index (Phi) is 2.53. The minimum Gasteiger partial charge on any atom is -0.772 e. The summed E-state index contributed by atoms with van der Waals surface area (Å²) in [6, 6.07) is 3.35. The third kappa shape index (κ3) is 2.24. The summed E-state index contributed by atoms with van der Waals surface area (Å²) in [6.45, 7) is 0. The van der Waals surface area contributed by atoms with Crippen LogP contribution in [0.15, 0.2) is 24.5 Å². The zero-order chi connectivity index (χ0) is 7.40. The Morgan fingerprint density at radius 3 is 2.60 bits per heavy atom. The Bertz CT molecular complexity index is 224. The smallest absolute Gasteiger partial charge is 0.0354 e. The molecule has 0 N–H and O–H groups in total. The Morgan fingerprint density at radius 1 is 1.50 bits per heavy atom. The van der Waals surface area contributed by atoms with Crippen molar-refractivity contribution in [3.63, 3.8) is 0 Å². The number of rotatable bonds is 2. The Balaban J connectivity index is 2.67. The maximum Gasteiger partial charge on any atom is 0.0354 e. The molecule has 0 aromatic carbocycles. The topological polar surface area (TPSA) is 53.0 Å². The van der Waals surface area contributed by atoms with Crippen LogP contribution < -0.4 is 0 Å². The molecule has 1 heterocycles. The van der Waals surface area contributed by atoms with E-state index >= 15 is 0 Å². The molecule has 0 fully saturated rings. The van der Waals surface area contributed by atoms with Crippen LogP contribution in [0.3, 0.4) is 0 Å². The highest BCUT2D eigenvalue weighted by Gasteiger charge is 1.88. The van der Waals surface area contributed by atoms with Crippen LogP contribution in [-0.2, 0) is 16.8 Å². The first-order valence-corrected chi connectivity index (χ1v) is 3.98. The third-order valence-corrected chi connectivity index (χ3v) is 1.60. The van der Waals surface area contributed by atoms with Crippen LogP contribution in [0.5, 0.6) is 0 Å². The van der Waals surface area contributed by atoms with Crippen LogP contribution in [0, 0.1) is 0 Å². The highest BCUT2D eigenvalue weighted by atomic mass is 32.2. The predicted octanol–water partition coefficient (Wildman–Crippen LogP) is 0.461. The molecule has 10 heavy (non-hydrogen) atoms. The molecule has 3 nitrogen and oxygen atoms in total. The second-order valence-corrected chi connectivity index (χ2v) is 2.70. The maximum absolute atomic E-state index is 10.1. The molecular formula is C6H6NO2S-. The molecule has 54 valence electrons. The number of hydrogen-bond donors (Lipinski definition) is 0. The van der Waals surface area contributed by atoms with Crippen LogP contribution >= 0.6 is 0 Å². The summed E-state index contributed by atoms with van der Waals surface area (Å²) in [4.78, 5) is 3.75. The number of pyridine rings is 1. The lowest BCUT2D eigenvalue weighted by atomic mass is 10.3. The molecule has 0 aliphatic rings. The first kappa shape index (κ1) is 7.37. The van der Waals surface area contributed by atoms with Gasteiger partial charge < -0.3 is 4.55 Å². The van der Waals surface area contributed by atoms with Gasteiger partial charge in [-0.25, -0.2) is 0 Å². The summed E-state index contributed by atoms with van der Waals surface area (Å²) >= 11 is -1.99. The van der Waals surface area contributed by atoms with E-state index in [9.17, 15) is 8.76 Å². The normalized spacial score (nSPS) is 12.9. The fraction of sp³-hybridized carbons (Fsp3) is 0.167. The number of aromatic nitrogens is 1. The fourth-order valence-corrected chi connectivity index (χ4v) is 1.08. The van der Waals surface area contributed by atoms with Gasteiger partial charge >= 0.3 is 0 Å². The predicted molar refractivity (Wildman–Crippen MR) is 36.9 cm³/mol. The molecule has 0 saturated carbocycles. The Hall–Kier alpha value is -0.740. The van der Waals surface area contributed by atoms with Gasteiger partial charge in [-0.2, -0.15) is 0 Å². The van der Waals surface area contributed by atoms with Gasteiger partial charge in [0.1, 0.15) is 0 Å². The first-order chi connectivity index (χ1) is 4.79. The van der Waals surface area contributed by atoms with Gasteiger partial charge in [0, 0.05) is 18.1 Å². The Labute approximate surface area is 61.4 Å². The van der Waals surface area contributed by atoms with Gasteiger partial charge in [0.15, 0.2) is 0 Å². The van der Waals surface area contributed by atoms with E-state index in [2.05, 4.69) is 4.98 Å². The number of nitrogens with zero attached hydrogens (tertiary/aromatic N) is 1. The van der Waals surface area contributed by atoms with E-state index < -0.39 is 11.1 Å². The first-order valence-electron chi connectivity index (χ1n) is 2.74. The van der Waals surface area contributed by atoms with Gasteiger partial charge in [0.25, 0.3) is 0 Å². The van der Waals surface area contributed by atoms with Crippen LogP contribution in [0.2, 0.25) is 0 Å². The summed E-state index contributed by atoms with van der Waals surface area (Å²) in [5.41, 5.74) is 0.767. The van der Waals surface area contributed by atoms with Crippen LogP contribution in [0.25, 0.3) is 0 Å². The van der Waals surface area contributed by atoms with Gasteiger partial charge in [-0.05, 0) is 17.7 Å². The standard InChI is InChI=1S/C6H7NO2S/c8-10(9)5-6-1-3-7-4-2-6/h1-4H,5H2,(H,8,9)/p-1. The van der Waals surface area contributed by atoms with E-state index in [1.165, 1.54) is 0 Å². The van der Waals surface area contributed by atoms with Gasteiger partial charge in [-0.15, -0.1) is 0 Å². The van der Waals surface area contributed by atoms with Crippen molar-refractivity contribution in [2.24, 2.45) is 0 Å². The van der Waals surface area contributed by atoms with Crippen molar-refractivity contribution in [3.8, 4) is 0 Å². The molecule has 1 atom stereocenters. The molecule has 0 spiro atoms. The van der Waals surface area contributed by atoms with Gasteiger partial charge in [-0.3, -0.25) is 9.19 Å². The van der Waals surface area contributed by atoms with Crippen LogP contribution in [0.4, 0.5) is 0 Å². The van der Waals surface area contributed by atoms with E-state index in [-0.39, 0.29) is 5.75 Å². The molecule has 1 unspecified atom stereocenters. The van der Waals surface area contributed by atoms with Crippen molar-refractivity contribution in [3.05, 3.63) is 30.1 Å². The minimum absolute atomic E-state index is 0.0719. The lowest BCUT2D eigenvalue weighted by molar-refractivity contribution is 0.536. The van der Waals surface area contributed by atoms with Crippen LogP contribution in [0.1, 0.15) is 5.56 Å². The highest BCUT2D eigenvalue weighted by Crippen LogP contribution is 1.98. The average molecular weight is 156 g/mol. The zero-order valence-corrected chi connectivity index (χ0v) is 6.00. The zero-order valence-electron chi connectivity index (χ0n) is 5.19. The number of hydrogen-bond acceptors (Lipinski definition) is 3. The largest absolute Gasteiger partial charge is 0.772 e. The van der Waals surface area contributed by atoms with Crippen molar-refractivity contribution >= 4 is 11.1 Å². The molecule has 1 aromatic rings. The van der Waals surface area contributed by atoms with Crippen molar-refractivity contribution in [1.82, 2.24) is 4.98 Å². The van der Waals surface area contributed by atoms with Gasteiger partial charge in [0.2, 0.25) is 0 Å². The molecule has 0 aliphatic carbocycles. The van der Waals surface area contributed by atoms with Crippen molar-refractivity contribution in [2.75, 3.05) is 0 Å². The molecular weight excluding hydrogens is 150 g/mol. The SMILES string of the molecule is O=S([O-])Cc1ccncc1.